The van der Waals surface area contributed by atoms with E-state index in [1.165, 1.54) is 0 Å². The highest BCUT2D eigenvalue weighted by atomic mass is 35.5. The van der Waals surface area contributed by atoms with E-state index >= 15 is 0 Å². The molecule has 2 fully saturated rings. The molecular formula is C52H63Cl3N10O5. The van der Waals surface area contributed by atoms with Gasteiger partial charge in [0, 0.05) is 54.7 Å². The van der Waals surface area contributed by atoms with Gasteiger partial charge < -0.3 is 31.5 Å². The van der Waals surface area contributed by atoms with Crippen molar-refractivity contribution < 1.29 is 24.0 Å². The highest BCUT2D eigenvalue weighted by molar-refractivity contribution is 6.35. The van der Waals surface area contributed by atoms with Crippen molar-refractivity contribution in [2.45, 2.75) is 99.3 Å². The normalized spacial score (nSPS) is 14.6. The summed E-state index contributed by atoms with van der Waals surface area (Å²) in [5, 5.41) is 26.8. The molecule has 8 rings (SSSR count). The predicted molar refractivity (Wildman–Crippen MR) is 280 cm³/mol. The molecule has 2 aromatic heterocycles. The smallest absolute Gasteiger partial charge is 0.257 e. The Balaban J connectivity index is 0.000000227. The summed E-state index contributed by atoms with van der Waals surface area (Å²) in [5.41, 5.74) is 4.58. The third-order valence-electron chi connectivity index (χ3n) is 12.5. The number of piperidine rings is 2. The predicted octanol–water partition coefficient (Wildman–Crippen LogP) is 9.74. The second-order valence-electron chi connectivity index (χ2n) is 19.8. The average Bonchev–Trinajstić information content (AvgIpc) is 3.97. The summed E-state index contributed by atoms with van der Waals surface area (Å²) in [6.07, 6.45) is 7.31. The number of rotatable bonds is 10. The van der Waals surface area contributed by atoms with Crippen LogP contribution in [0.15, 0.2) is 85.2 Å². The number of likely N-dealkylation sites (tertiary alicyclic amines) is 1. The Morgan fingerprint density at radius 2 is 1.04 bits per heavy atom. The number of benzene rings is 4. The van der Waals surface area contributed by atoms with Crippen LogP contribution in [0, 0.1) is 10.8 Å². The minimum Gasteiger partial charge on any atom is -0.352 e. The number of amides is 5. The quantitative estimate of drug-likeness (QED) is 0.0898. The molecule has 5 amide bonds. The second kappa shape index (κ2) is 22.8. The molecule has 70 heavy (non-hydrogen) atoms. The van der Waals surface area contributed by atoms with Crippen molar-refractivity contribution in [3.8, 4) is 0 Å². The summed E-state index contributed by atoms with van der Waals surface area (Å²) in [6.45, 7) is 16.7. The molecule has 2 aliphatic heterocycles. The lowest BCUT2D eigenvalue weighted by atomic mass is 9.95. The fraction of sp³-hybridized carbons (Fsp3) is 0.404. The van der Waals surface area contributed by atoms with Crippen LogP contribution in [-0.2, 0) is 27.5 Å². The molecule has 2 aliphatic rings. The van der Waals surface area contributed by atoms with E-state index in [0.717, 1.165) is 71.7 Å². The van der Waals surface area contributed by atoms with Gasteiger partial charge in [-0.3, -0.25) is 33.3 Å². The van der Waals surface area contributed by atoms with E-state index < -0.39 is 10.8 Å². The summed E-state index contributed by atoms with van der Waals surface area (Å²) >= 11 is 12.7. The Labute approximate surface area is 425 Å². The molecule has 5 N–H and O–H groups in total. The van der Waals surface area contributed by atoms with E-state index in [1.54, 1.807) is 43.5 Å². The van der Waals surface area contributed by atoms with E-state index in [4.69, 9.17) is 23.2 Å². The van der Waals surface area contributed by atoms with Gasteiger partial charge in [0.05, 0.1) is 68.1 Å². The lowest BCUT2D eigenvalue weighted by molar-refractivity contribution is -0.130. The van der Waals surface area contributed by atoms with E-state index in [2.05, 4.69) is 41.5 Å². The number of halogens is 3. The number of fused-ring (bicyclic) bond motifs is 2. The Kier molecular flexibility index (Phi) is 17.4. The molecule has 4 aromatic carbocycles. The summed E-state index contributed by atoms with van der Waals surface area (Å²) in [4.78, 5) is 64.2. The van der Waals surface area contributed by atoms with Gasteiger partial charge >= 0.3 is 0 Å². The lowest BCUT2D eigenvalue weighted by Gasteiger charge is -2.31. The van der Waals surface area contributed by atoms with Gasteiger partial charge in [-0.1, -0.05) is 89.0 Å². The molecule has 6 aromatic rings. The first-order chi connectivity index (χ1) is 32.8. The number of hydrogen-bond donors (Lipinski definition) is 5. The maximum Gasteiger partial charge on any atom is 0.257 e. The number of anilines is 2. The Morgan fingerprint density at radius 3 is 1.44 bits per heavy atom. The van der Waals surface area contributed by atoms with Crippen LogP contribution < -0.4 is 26.6 Å². The van der Waals surface area contributed by atoms with E-state index in [-0.39, 0.29) is 48.0 Å². The van der Waals surface area contributed by atoms with Gasteiger partial charge in [0.25, 0.3) is 11.8 Å². The molecule has 0 unspecified atom stereocenters. The molecule has 0 spiro atoms. The molecule has 18 heteroatoms. The standard InChI is InChI=1S/C27H32ClN5O3.C25H30ClN5O2.ClH/c1-17(34)32-12-10-19(11-13-32)33-24-7-5-6-23(21(24)16-30-33)31-25(35)20-14-18(8-9-22(20)28)15-29-26(36)27(2,3)4;1-25(2,3)24(33)28-14-16-7-8-20(26)18(13-16)23(32)30-21-5-4-6-22-19(21)15-29-31(22)17-9-11-27-12-10-17;/h5-9,14,16,19H,10-13,15H2,1-4H3,(H,29,36)(H,31,35);4-8,13,15,17,27H,9-12,14H2,1-3H3,(H,28,33)(H,30,32);1H. The van der Waals surface area contributed by atoms with Crippen LogP contribution in [-0.4, -0.2) is 80.2 Å². The Hall–Kier alpha value is -6.00. The first-order valence-electron chi connectivity index (χ1n) is 23.4. The van der Waals surface area contributed by atoms with Gasteiger partial charge in [0.1, 0.15) is 0 Å². The lowest BCUT2D eigenvalue weighted by Crippen LogP contribution is -2.37. The number of nitrogens with zero attached hydrogens (tertiary/aromatic N) is 5. The summed E-state index contributed by atoms with van der Waals surface area (Å²) in [6, 6.07) is 22.5. The van der Waals surface area contributed by atoms with Crippen molar-refractivity contribution in [3.05, 3.63) is 117 Å². The highest BCUT2D eigenvalue weighted by Crippen LogP contribution is 2.32. The van der Waals surface area contributed by atoms with Gasteiger partial charge in [-0.25, -0.2) is 0 Å². The maximum atomic E-state index is 13.2. The summed E-state index contributed by atoms with van der Waals surface area (Å²) in [5.74, 6) is -0.659. The maximum absolute atomic E-state index is 13.2. The number of carbonyl (C=O) groups is 5. The van der Waals surface area contributed by atoms with Crippen LogP contribution in [0.3, 0.4) is 0 Å². The molecule has 0 radical (unpaired) electrons. The minimum absolute atomic E-state index is 0. The van der Waals surface area contributed by atoms with Crippen molar-refractivity contribution in [1.82, 2.24) is 40.4 Å². The summed E-state index contributed by atoms with van der Waals surface area (Å²) in [7, 11) is 0. The highest BCUT2D eigenvalue weighted by Gasteiger charge is 2.26. The van der Waals surface area contributed by atoms with Gasteiger partial charge in [-0.05, 0) is 98.4 Å². The molecule has 0 saturated carbocycles. The first kappa shape index (κ1) is 53.4. The van der Waals surface area contributed by atoms with Gasteiger partial charge in [-0.2, -0.15) is 10.2 Å². The molecule has 0 atom stereocenters. The fourth-order valence-electron chi connectivity index (χ4n) is 8.40. The van der Waals surface area contributed by atoms with Crippen molar-refractivity contribution in [2.24, 2.45) is 10.8 Å². The zero-order valence-corrected chi connectivity index (χ0v) is 43.1. The molecule has 0 bridgehead atoms. The molecule has 0 aliphatic carbocycles. The van der Waals surface area contributed by atoms with Crippen LogP contribution in [0.5, 0.6) is 0 Å². The van der Waals surface area contributed by atoms with Crippen LogP contribution in [0.2, 0.25) is 10.0 Å². The molecule has 4 heterocycles. The minimum atomic E-state index is -0.500. The number of aromatic nitrogens is 4. The first-order valence-corrected chi connectivity index (χ1v) is 24.2. The largest absolute Gasteiger partial charge is 0.352 e. The Bertz CT molecular complexity index is 2870. The number of carbonyl (C=O) groups excluding carboxylic acids is 5. The van der Waals surface area contributed by atoms with Crippen LogP contribution in [0.25, 0.3) is 21.8 Å². The second-order valence-corrected chi connectivity index (χ2v) is 20.6. The fourth-order valence-corrected chi connectivity index (χ4v) is 8.81. The van der Waals surface area contributed by atoms with E-state index in [9.17, 15) is 24.0 Å². The number of hydrogen-bond acceptors (Lipinski definition) is 8. The third-order valence-corrected chi connectivity index (χ3v) is 13.2. The van der Waals surface area contributed by atoms with Crippen molar-refractivity contribution in [1.29, 1.82) is 0 Å². The van der Waals surface area contributed by atoms with E-state index in [0.29, 0.717) is 64.8 Å². The van der Waals surface area contributed by atoms with Crippen molar-refractivity contribution >= 4 is 98.3 Å². The van der Waals surface area contributed by atoms with Gasteiger partial charge in [0.2, 0.25) is 17.7 Å². The molecule has 372 valence electrons. The molecular weight excluding hydrogens is 951 g/mol. The Morgan fingerprint density at radius 1 is 0.629 bits per heavy atom. The van der Waals surface area contributed by atoms with Crippen LogP contribution in [0.1, 0.15) is 118 Å². The van der Waals surface area contributed by atoms with Crippen molar-refractivity contribution in [2.75, 3.05) is 36.8 Å². The molecule has 15 nitrogen and oxygen atoms in total. The third kappa shape index (κ3) is 12.8. The van der Waals surface area contributed by atoms with Crippen LogP contribution >= 0.6 is 35.6 Å². The van der Waals surface area contributed by atoms with Crippen LogP contribution in [0.4, 0.5) is 11.4 Å². The monoisotopic (exact) mass is 1010 g/mol. The van der Waals surface area contributed by atoms with Gasteiger partial charge in [0.15, 0.2) is 0 Å². The van der Waals surface area contributed by atoms with Crippen molar-refractivity contribution in [3.63, 3.8) is 0 Å². The SMILES string of the molecule is CC(=O)N1CCC(n2ncc3c(NC(=O)c4cc(CNC(=O)C(C)(C)C)ccc4Cl)cccc32)CC1.CC(C)(C)C(=O)NCc1ccc(Cl)c(C(=O)Nc2cccc3c2cnn3C2CCNCC2)c1.Cl. The van der Waals surface area contributed by atoms with E-state index in [1.807, 2.05) is 99.8 Å². The summed E-state index contributed by atoms with van der Waals surface area (Å²) < 4.78 is 4.06. The average molecular weight is 1010 g/mol. The molecule has 2 saturated heterocycles. The number of nitrogens with one attached hydrogen (secondary N) is 5. The van der Waals surface area contributed by atoms with Gasteiger partial charge in [-0.15, -0.1) is 12.4 Å². The zero-order chi connectivity index (χ0) is 49.6. The topological polar surface area (TPSA) is 184 Å². The zero-order valence-electron chi connectivity index (χ0n) is 40.8.